The van der Waals surface area contributed by atoms with Crippen molar-refractivity contribution in [3.8, 4) is 0 Å². The average Bonchev–Trinajstić information content (AvgIpc) is 2.80. The Morgan fingerprint density at radius 3 is 2.77 bits per heavy atom. The molecular formula is C23H36N4O4. The first-order valence-corrected chi connectivity index (χ1v) is 11.6. The lowest BCUT2D eigenvalue weighted by molar-refractivity contribution is -0.128. The van der Waals surface area contributed by atoms with Crippen molar-refractivity contribution in [2.24, 2.45) is 0 Å². The van der Waals surface area contributed by atoms with E-state index in [9.17, 15) is 14.7 Å². The summed E-state index contributed by atoms with van der Waals surface area (Å²) in [7, 11) is 0. The molecule has 2 amide bonds. The van der Waals surface area contributed by atoms with Crippen LogP contribution < -0.4 is 10.6 Å². The fraction of sp³-hybridized carbons (Fsp3) is 0.696. The van der Waals surface area contributed by atoms with Gasteiger partial charge in [-0.25, -0.2) is 0 Å². The van der Waals surface area contributed by atoms with Gasteiger partial charge in [-0.3, -0.25) is 14.6 Å². The number of likely N-dealkylation sites (tertiary alicyclic amines) is 1. The van der Waals surface area contributed by atoms with E-state index in [1.54, 1.807) is 18.5 Å². The normalized spacial score (nSPS) is 24.5. The third-order valence-corrected chi connectivity index (χ3v) is 6.12. The zero-order valence-electron chi connectivity index (χ0n) is 18.3. The molecule has 0 spiro atoms. The molecule has 0 radical (unpaired) electrons. The van der Waals surface area contributed by atoms with Crippen molar-refractivity contribution in [2.75, 3.05) is 32.8 Å². The molecule has 172 valence electrons. The second-order valence-corrected chi connectivity index (χ2v) is 8.56. The van der Waals surface area contributed by atoms with Gasteiger partial charge in [-0.05, 0) is 56.8 Å². The second-order valence-electron chi connectivity index (χ2n) is 8.56. The first-order valence-electron chi connectivity index (χ1n) is 11.6. The molecule has 31 heavy (non-hydrogen) atoms. The van der Waals surface area contributed by atoms with Crippen molar-refractivity contribution in [1.82, 2.24) is 20.5 Å². The summed E-state index contributed by atoms with van der Waals surface area (Å²) in [4.78, 5) is 30.8. The van der Waals surface area contributed by atoms with Crippen molar-refractivity contribution in [1.29, 1.82) is 0 Å². The number of hydrogen-bond donors (Lipinski definition) is 3. The van der Waals surface area contributed by atoms with Crippen LogP contribution in [0.5, 0.6) is 0 Å². The number of ether oxygens (including phenoxy) is 1. The Kier molecular flexibility index (Phi) is 9.71. The lowest BCUT2D eigenvalue weighted by atomic mass is 9.96. The van der Waals surface area contributed by atoms with Gasteiger partial charge in [0.05, 0.1) is 25.2 Å². The molecule has 2 fully saturated rings. The van der Waals surface area contributed by atoms with E-state index in [4.69, 9.17) is 4.74 Å². The van der Waals surface area contributed by atoms with Crippen LogP contribution in [0.15, 0.2) is 24.5 Å². The number of nitrogens with one attached hydrogen (secondary N) is 2. The number of aromatic nitrogens is 1. The van der Waals surface area contributed by atoms with E-state index in [2.05, 4.69) is 20.5 Å². The van der Waals surface area contributed by atoms with Crippen LogP contribution in [0.1, 0.15) is 50.5 Å². The molecule has 0 saturated carbocycles. The van der Waals surface area contributed by atoms with Gasteiger partial charge < -0.3 is 25.4 Å². The highest BCUT2D eigenvalue weighted by Gasteiger charge is 2.31. The topological polar surface area (TPSA) is 104 Å². The maximum absolute atomic E-state index is 12.3. The first-order chi connectivity index (χ1) is 15.1. The SMILES string of the molecule is O=C(CCN1CCCCC1)NCC[C@H]1CC[C@@H](NC(=O)Cc2cccnc2)[C@@H](CO)O1. The van der Waals surface area contributed by atoms with Gasteiger partial charge in [-0.2, -0.15) is 0 Å². The van der Waals surface area contributed by atoms with Gasteiger partial charge in [0.15, 0.2) is 0 Å². The molecule has 3 rings (SSSR count). The molecular weight excluding hydrogens is 396 g/mol. The molecule has 3 heterocycles. The molecule has 2 aliphatic heterocycles. The summed E-state index contributed by atoms with van der Waals surface area (Å²) in [5.41, 5.74) is 0.853. The lowest BCUT2D eigenvalue weighted by Crippen LogP contribution is -2.51. The average molecular weight is 433 g/mol. The zero-order valence-corrected chi connectivity index (χ0v) is 18.3. The Labute approximate surface area is 184 Å². The van der Waals surface area contributed by atoms with Crippen molar-refractivity contribution >= 4 is 11.8 Å². The van der Waals surface area contributed by atoms with Crippen LogP contribution in [0, 0.1) is 0 Å². The number of aliphatic hydroxyl groups is 1. The fourth-order valence-corrected chi connectivity index (χ4v) is 4.36. The smallest absolute Gasteiger partial charge is 0.224 e. The molecule has 0 bridgehead atoms. The fourth-order valence-electron chi connectivity index (χ4n) is 4.36. The van der Waals surface area contributed by atoms with E-state index < -0.39 is 6.10 Å². The third-order valence-electron chi connectivity index (χ3n) is 6.12. The Hall–Kier alpha value is -2.03. The van der Waals surface area contributed by atoms with Crippen LogP contribution in [0.25, 0.3) is 0 Å². The van der Waals surface area contributed by atoms with Gasteiger partial charge in [0.1, 0.15) is 6.10 Å². The molecule has 0 aliphatic carbocycles. The molecule has 8 nitrogen and oxygen atoms in total. The minimum absolute atomic E-state index is 0.0222. The van der Waals surface area contributed by atoms with E-state index in [1.165, 1.54) is 19.3 Å². The summed E-state index contributed by atoms with van der Waals surface area (Å²) >= 11 is 0. The summed E-state index contributed by atoms with van der Waals surface area (Å²) in [5.74, 6) is -0.0138. The van der Waals surface area contributed by atoms with Gasteiger partial charge in [0.2, 0.25) is 11.8 Å². The third kappa shape index (κ3) is 8.20. The maximum Gasteiger partial charge on any atom is 0.224 e. The van der Waals surface area contributed by atoms with Crippen LogP contribution in [0.4, 0.5) is 0 Å². The lowest BCUT2D eigenvalue weighted by Gasteiger charge is -2.36. The number of aliphatic hydroxyl groups excluding tert-OH is 1. The molecule has 0 unspecified atom stereocenters. The summed E-state index contributed by atoms with van der Waals surface area (Å²) in [5, 5.41) is 15.7. The Balaban J connectivity index is 1.32. The van der Waals surface area contributed by atoms with Crippen molar-refractivity contribution in [2.45, 2.75) is 69.6 Å². The standard InChI is InChI=1S/C23H36N4O4/c28-17-21-20(26-23(30)15-18-5-4-10-24-16-18)7-6-19(31-21)8-11-25-22(29)9-14-27-12-2-1-3-13-27/h4-5,10,16,19-21,28H,1-3,6-9,11-15,17H2,(H,25,29)(H,26,30)/t19-,20-,21-/m1/s1. The Morgan fingerprint density at radius 2 is 2.03 bits per heavy atom. The molecule has 8 heteroatoms. The van der Waals surface area contributed by atoms with Crippen LogP contribution in [0.2, 0.25) is 0 Å². The van der Waals surface area contributed by atoms with Gasteiger partial charge in [-0.15, -0.1) is 0 Å². The number of nitrogens with zero attached hydrogens (tertiary/aromatic N) is 2. The van der Waals surface area contributed by atoms with Crippen LogP contribution >= 0.6 is 0 Å². The minimum Gasteiger partial charge on any atom is -0.394 e. The molecule has 2 saturated heterocycles. The van der Waals surface area contributed by atoms with Gasteiger partial charge in [0, 0.05) is 31.9 Å². The number of carbonyl (C=O) groups excluding carboxylic acids is 2. The minimum atomic E-state index is -0.425. The zero-order chi connectivity index (χ0) is 21.9. The summed E-state index contributed by atoms with van der Waals surface area (Å²) in [6.45, 7) is 3.46. The Bertz CT molecular complexity index is 681. The quantitative estimate of drug-likeness (QED) is 0.510. The largest absolute Gasteiger partial charge is 0.394 e. The number of hydrogen-bond acceptors (Lipinski definition) is 6. The molecule has 0 aromatic carbocycles. The van der Waals surface area contributed by atoms with E-state index in [0.29, 0.717) is 19.4 Å². The maximum atomic E-state index is 12.3. The molecule has 3 atom stereocenters. The summed E-state index contributed by atoms with van der Waals surface area (Å²) in [6.07, 6.45) is 9.72. The van der Waals surface area contributed by atoms with Gasteiger partial charge in [-0.1, -0.05) is 12.5 Å². The second kappa shape index (κ2) is 12.7. The highest BCUT2D eigenvalue weighted by molar-refractivity contribution is 5.78. The first kappa shape index (κ1) is 23.6. The van der Waals surface area contributed by atoms with Gasteiger partial charge in [0.25, 0.3) is 0 Å². The van der Waals surface area contributed by atoms with Crippen molar-refractivity contribution < 1.29 is 19.4 Å². The number of rotatable bonds is 10. The van der Waals surface area contributed by atoms with Gasteiger partial charge >= 0.3 is 0 Å². The van der Waals surface area contributed by atoms with Crippen molar-refractivity contribution in [3.63, 3.8) is 0 Å². The molecule has 3 N–H and O–H groups in total. The molecule has 1 aromatic heterocycles. The molecule has 1 aromatic rings. The number of pyridine rings is 1. The predicted octanol–water partition coefficient (Wildman–Crippen LogP) is 1.03. The summed E-state index contributed by atoms with van der Waals surface area (Å²) < 4.78 is 6.00. The molecule has 2 aliphatic rings. The van der Waals surface area contributed by atoms with E-state index in [0.717, 1.165) is 38.0 Å². The number of piperidine rings is 1. The summed E-state index contributed by atoms with van der Waals surface area (Å²) in [6, 6.07) is 3.47. The van der Waals surface area contributed by atoms with Crippen LogP contribution in [-0.2, 0) is 20.7 Å². The van der Waals surface area contributed by atoms with E-state index in [1.807, 2.05) is 6.07 Å². The number of amides is 2. The predicted molar refractivity (Wildman–Crippen MR) is 117 cm³/mol. The van der Waals surface area contributed by atoms with Crippen LogP contribution in [-0.4, -0.2) is 77.8 Å². The monoisotopic (exact) mass is 432 g/mol. The number of carbonyl (C=O) groups is 2. The van der Waals surface area contributed by atoms with Crippen molar-refractivity contribution in [3.05, 3.63) is 30.1 Å². The van der Waals surface area contributed by atoms with E-state index >= 15 is 0 Å². The van der Waals surface area contributed by atoms with Crippen LogP contribution in [0.3, 0.4) is 0 Å². The highest BCUT2D eigenvalue weighted by Crippen LogP contribution is 2.22. The van der Waals surface area contributed by atoms with E-state index in [-0.39, 0.29) is 37.0 Å². The Morgan fingerprint density at radius 1 is 1.19 bits per heavy atom. The highest BCUT2D eigenvalue weighted by atomic mass is 16.5.